The second kappa shape index (κ2) is 6.29. The Morgan fingerprint density at radius 1 is 1.20 bits per heavy atom. The Bertz CT molecular complexity index is 545. The van der Waals surface area contributed by atoms with Crippen molar-refractivity contribution in [3.63, 3.8) is 0 Å². The topological polar surface area (TPSA) is 39.1 Å². The van der Waals surface area contributed by atoms with Crippen molar-refractivity contribution in [1.29, 1.82) is 0 Å². The Morgan fingerprint density at radius 2 is 2.05 bits per heavy atom. The van der Waals surface area contributed by atoms with Gasteiger partial charge >= 0.3 is 0 Å². The number of rotatable bonds is 3. The van der Waals surface area contributed by atoms with Crippen LogP contribution in [0.25, 0.3) is 0 Å². The fourth-order valence-electron chi connectivity index (χ4n) is 2.44. The van der Waals surface area contributed by atoms with Crippen LogP contribution in [-0.4, -0.2) is 22.9 Å². The Labute approximate surface area is 123 Å². The van der Waals surface area contributed by atoms with Crippen LogP contribution in [0.5, 0.6) is 11.5 Å². The van der Waals surface area contributed by atoms with Gasteiger partial charge in [-0.1, -0.05) is 18.0 Å². The highest BCUT2D eigenvalue weighted by Gasteiger charge is 2.15. The normalized spacial score (nSPS) is 19.6. The zero-order valence-electron chi connectivity index (χ0n) is 11.3. The Hall–Kier alpha value is -1.52. The predicted octanol–water partition coefficient (Wildman–Crippen LogP) is 3.64. The molecule has 0 bridgehead atoms. The number of ether oxygens (including phenoxy) is 1. The molecule has 1 aromatic heterocycles. The van der Waals surface area contributed by atoms with Gasteiger partial charge in [0, 0.05) is 11.6 Å². The van der Waals surface area contributed by atoms with Crippen LogP contribution in [0.1, 0.15) is 25.3 Å². The van der Waals surface area contributed by atoms with E-state index in [1.165, 1.54) is 12.8 Å². The van der Waals surface area contributed by atoms with E-state index in [9.17, 15) is 0 Å². The third-order valence-electron chi connectivity index (χ3n) is 3.52. The summed E-state index contributed by atoms with van der Waals surface area (Å²) in [4.78, 5) is 0. The summed E-state index contributed by atoms with van der Waals surface area (Å²) in [5.41, 5.74) is 0. The minimum Gasteiger partial charge on any atom is -0.454 e. The Kier molecular flexibility index (Phi) is 4.23. The van der Waals surface area contributed by atoms with E-state index in [4.69, 9.17) is 16.3 Å². The Morgan fingerprint density at radius 3 is 2.90 bits per heavy atom. The van der Waals surface area contributed by atoms with Crippen LogP contribution in [0.3, 0.4) is 0 Å². The average molecular weight is 292 g/mol. The molecule has 106 valence electrons. The van der Waals surface area contributed by atoms with Gasteiger partial charge in [-0.15, -0.1) is 0 Å². The second-order valence-electron chi connectivity index (χ2n) is 5.07. The van der Waals surface area contributed by atoms with Gasteiger partial charge in [-0.05, 0) is 43.7 Å². The molecule has 1 saturated heterocycles. The first-order chi connectivity index (χ1) is 9.81. The molecule has 2 heterocycles. The number of hydrogen-bond donors (Lipinski definition) is 1. The predicted molar refractivity (Wildman–Crippen MR) is 79.5 cm³/mol. The van der Waals surface area contributed by atoms with Crippen molar-refractivity contribution in [2.24, 2.45) is 0 Å². The van der Waals surface area contributed by atoms with Crippen LogP contribution in [0.15, 0.2) is 36.7 Å². The third-order valence-corrected chi connectivity index (χ3v) is 3.77. The summed E-state index contributed by atoms with van der Waals surface area (Å²) in [6.45, 7) is 2.08. The SMILES string of the molecule is Clc1ccc(Oc2cnn(C3CCCCNC3)c2)cc1. The van der Waals surface area contributed by atoms with Gasteiger partial charge in [0.05, 0.1) is 18.4 Å². The van der Waals surface area contributed by atoms with Crippen LogP contribution >= 0.6 is 11.6 Å². The van der Waals surface area contributed by atoms with Crippen molar-refractivity contribution in [3.8, 4) is 11.5 Å². The van der Waals surface area contributed by atoms with Crippen molar-refractivity contribution in [2.75, 3.05) is 13.1 Å². The van der Waals surface area contributed by atoms with Gasteiger partial charge in [0.2, 0.25) is 0 Å². The summed E-state index contributed by atoms with van der Waals surface area (Å²) in [5.74, 6) is 1.53. The summed E-state index contributed by atoms with van der Waals surface area (Å²) in [7, 11) is 0. The first kappa shape index (κ1) is 13.5. The van der Waals surface area contributed by atoms with Crippen molar-refractivity contribution in [3.05, 3.63) is 41.7 Å². The van der Waals surface area contributed by atoms with Crippen molar-refractivity contribution in [1.82, 2.24) is 15.1 Å². The number of hydrogen-bond acceptors (Lipinski definition) is 3. The summed E-state index contributed by atoms with van der Waals surface area (Å²) in [6, 6.07) is 7.76. The lowest BCUT2D eigenvalue weighted by Crippen LogP contribution is -2.23. The molecule has 1 aromatic carbocycles. The number of nitrogens with zero attached hydrogens (tertiary/aromatic N) is 2. The van der Waals surface area contributed by atoms with E-state index in [1.54, 1.807) is 6.20 Å². The van der Waals surface area contributed by atoms with Gasteiger partial charge in [0.25, 0.3) is 0 Å². The average Bonchev–Trinajstić information content (AvgIpc) is 2.74. The molecule has 1 aliphatic rings. The number of aromatic nitrogens is 2. The van der Waals surface area contributed by atoms with E-state index in [2.05, 4.69) is 10.4 Å². The first-order valence-corrected chi connectivity index (χ1v) is 7.37. The van der Waals surface area contributed by atoms with Gasteiger partial charge < -0.3 is 10.1 Å². The molecular formula is C15H18ClN3O. The van der Waals surface area contributed by atoms with Gasteiger partial charge in [0.15, 0.2) is 5.75 Å². The van der Waals surface area contributed by atoms with Crippen LogP contribution in [0, 0.1) is 0 Å². The molecule has 0 spiro atoms. The lowest BCUT2D eigenvalue weighted by molar-refractivity contribution is 0.418. The van der Waals surface area contributed by atoms with Crippen LogP contribution in [0.4, 0.5) is 0 Å². The summed E-state index contributed by atoms with van der Waals surface area (Å²) in [5, 5.41) is 8.57. The van der Waals surface area contributed by atoms with Crippen molar-refractivity contribution < 1.29 is 4.74 Å². The lowest BCUT2D eigenvalue weighted by Gasteiger charge is -2.14. The third kappa shape index (κ3) is 3.32. The molecule has 0 amide bonds. The highest BCUT2D eigenvalue weighted by molar-refractivity contribution is 6.30. The van der Waals surface area contributed by atoms with Gasteiger partial charge in [0.1, 0.15) is 5.75 Å². The maximum absolute atomic E-state index is 5.86. The fraction of sp³-hybridized carbons (Fsp3) is 0.400. The Balaban J connectivity index is 1.68. The molecule has 3 rings (SSSR count). The summed E-state index contributed by atoms with van der Waals surface area (Å²) < 4.78 is 7.78. The monoisotopic (exact) mass is 291 g/mol. The largest absolute Gasteiger partial charge is 0.454 e. The zero-order chi connectivity index (χ0) is 13.8. The quantitative estimate of drug-likeness (QED) is 0.938. The van der Waals surface area contributed by atoms with Gasteiger partial charge in [-0.3, -0.25) is 4.68 Å². The summed E-state index contributed by atoms with van der Waals surface area (Å²) >= 11 is 5.86. The van der Waals surface area contributed by atoms with Crippen molar-refractivity contribution >= 4 is 11.6 Å². The van der Waals surface area contributed by atoms with Crippen LogP contribution in [-0.2, 0) is 0 Å². The lowest BCUT2D eigenvalue weighted by atomic mass is 10.1. The molecule has 1 fully saturated rings. The number of halogens is 1. The first-order valence-electron chi connectivity index (χ1n) is 6.99. The van der Waals surface area contributed by atoms with E-state index >= 15 is 0 Å². The molecular weight excluding hydrogens is 274 g/mol. The molecule has 4 nitrogen and oxygen atoms in total. The van der Waals surface area contributed by atoms with E-state index in [0.29, 0.717) is 11.1 Å². The minimum atomic E-state index is 0.417. The molecule has 1 aliphatic heterocycles. The van der Waals surface area contributed by atoms with E-state index in [0.717, 1.165) is 31.0 Å². The highest BCUT2D eigenvalue weighted by Crippen LogP contribution is 2.24. The number of benzene rings is 1. The molecule has 1 unspecified atom stereocenters. The molecule has 0 aliphatic carbocycles. The summed E-state index contributed by atoms with van der Waals surface area (Å²) in [6.07, 6.45) is 7.37. The second-order valence-corrected chi connectivity index (χ2v) is 5.50. The van der Waals surface area contributed by atoms with Crippen LogP contribution in [0.2, 0.25) is 5.02 Å². The maximum Gasteiger partial charge on any atom is 0.165 e. The standard InChI is InChI=1S/C15H18ClN3O/c16-12-4-6-14(7-5-12)20-15-10-18-19(11-15)13-3-1-2-8-17-9-13/h4-7,10-11,13,17H,1-3,8-9H2. The number of nitrogens with one attached hydrogen (secondary N) is 1. The van der Waals surface area contributed by atoms with E-state index in [1.807, 2.05) is 35.1 Å². The van der Waals surface area contributed by atoms with Gasteiger partial charge in [-0.2, -0.15) is 5.10 Å². The van der Waals surface area contributed by atoms with E-state index in [-0.39, 0.29) is 0 Å². The smallest absolute Gasteiger partial charge is 0.165 e. The highest BCUT2D eigenvalue weighted by atomic mass is 35.5. The van der Waals surface area contributed by atoms with Crippen molar-refractivity contribution in [2.45, 2.75) is 25.3 Å². The zero-order valence-corrected chi connectivity index (χ0v) is 12.0. The van der Waals surface area contributed by atoms with E-state index < -0.39 is 0 Å². The fourth-order valence-corrected chi connectivity index (χ4v) is 2.56. The molecule has 0 radical (unpaired) electrons. The van der Waals surface area contributed by atoms with Gasteiger partial charge in [-0.25, -0.2) is 0 Å². The minimum absolute atomic E-state index is 0.417. The molecule has 1 N–H and O–H groups in total. The van der Waals surface area contributed by atoms with Crippen LogP contribution < -0.4 is 10.1 Å². The molecule has 0 saturated carbocycles. The molecule has 2 aromatic rings. The molecule has 20 heavy (non-hydrogen) atoms. The molecule has 1 atom stereocenters. The maximum atomic E-state index is 5.86. The molecule has 5 heteroatoms.